The minimum atomic E-state index is -0.222. The number of benzene rings is 5. The third kappa shape index (κ3) is 4.56. The molecule has 0 spiro atoms. The highest BCUT2D eigenvalue weighted by atomic mass is 19.1. The number of anilines is 3. The second-order valence-corrected chi connectivity index (χ2v) is 8.14. The Bertz CT molecular complexity index is 1230. The Kier molecular flexibility index (Phi) is 5.73. The molecule has 5 aromatic carbocycles. The molecule has 0 N–H and O–H groups in total. The van der Waals surface area contributed by atoms with E-state index < -0.39 is 0 Å². The van der Waals surface area contributed by atoms with Crippen LogP contribution in [0.25, 0.3) is 22.3 Å². The highest BCUT2D eigenvalue weighted by molar-refractivity contribution is 5.79. The zero-order chi connectivity index (χ0) is 22.6. The largest absolute Gasteiger partial charge is 0.311 e. The second kappa shape index (κ2) is 9.13. The van der Waals surface area contributed by atoms with Crippen LogP contribution in [0.4, 0.5) is 21.5 Å². The predicted octanol–water partition coefficient (Wildman–Crippen LogP) is 8.94. The molecular formula is C31H24FN. The van der Waals surface area contributed by atoms with Crippen LogP contribution in [0.15, 0.2) is 127 Å². The van der Waals surface area contributed by atoms with E-state index in [-0.39, 0.29) is 5.82 Å². The number of hydrogen-bond acceptors (Lipinski definition) is 1. The van der Waals surface area contributed by atoms with Crippen molar-refractivity contribution < 1.29 is 4.39 Å². The van der Waals surface area contributed by atoms with Crippen molar-refractivity contribution in [3.63, 3.8) is 0 Å². The first kappa shape index (κ1) is 20.7. The second-order valence-electron chi connectivity index (χ2n) is 8.14. The molecule has 160 valence electrons. The minimum absolute atomic E-state index is 0.222. The van der Waals surface area contributed by atoms with Gasteiger partial charge in [0.15, 0.2) is 0 Å². The third-order valence-electron chi connectivity index (χ3n) is 5.83. The third-order valence-corrected chi connectivity index (χ3v) is 5.83. The smallest absolute Gasteiger partial charge is 0.123 e. The molecule has 0 amide bonds. The minimum Gasteiger partial charge on any atom is -0.311 e. The molecule has 0 bridgehead atoms. The standard InChI is InChI=1S/C31H24FN/c1-23-7-9-24(10-8-23)26-13-19-30(20-14-26)33(29-5-3-2-4-6-29)31-21-15-27(16-22-31)25-11-17-28(32)18-12-25/h2-22H,1H3. The summed E-state index contributed by atoms with van der Waals surface area (Å²) < 4.78 is 13.3. The summed E-state index contributed by atoms with van der Waals surface area (Å²) in [4.78, 5) is 2.24. The Morgan fingerprint density at radius 3 is 1.24 bits per heavy atom. The Labute approximate surface area is 194 Å². The van der Waals surface area contributed by atoms with Gasteiger partial charge in [-0.05, 0) is 77.7 Å². The summed E-state index contributed by atoms with van der Waals surface area (Å²) in [6.45, 7) is 2.10. The fraction of sp³-hybridized carbons (Fsp3) is 0.0323. The summed E-state index contributed by atoms with van der Waals surface area (Å²) in [6, 6.07) is 42.6. The van der Waals surface area contributed by atoms with Crippen LogP contribution >= 0.6 is 0 Å². The first-order chi connectivity index (χ1) is 16.2. The molecule has 0 aliphatic carbocycles. The maximum absolute atomic E-state index is 13.3. The van der Waals surface area contributed by atoms with Crippen LogP contribution in [0.2, 0.25) is 0 Å². The van der Waals surface area contributed by atoms with Crippen LogP contribution in [0.5, 0.6) is 0 Å². The summed E-state index contributed by atoms with van der Waals surface area (Å²) in [7, 11) is 0. The molecular weight excluding hydrogens is 405 g/mol. The molecule has 0 heterocycles. The van der Waals surface area contributed by atoms with Crippen LogP contribution in [0.1, 0.15) is 5.56 Å². The van der Waals surface area contributed by atoms with Gasteiger partial charge in [0.25, 0.3) is 0 Å². The molecule has 0 radical (unpaired) electrons. The molecule has 0 fully saturated rings. The van der Waals surface area contributed by atoms with Gasteiger partial charge in [-0.15, -0.1) is 0 Å². The van der Waals surface area contributed by atoms with Crippen molar-refractivity contribution in [1.82, 2.24) is 0 Å². The lowest BCUT2D eigenvalue weighted by atomic mass is 10.0. The molecule has 0 aliphatic heterocycles. The van der Waals surface area contributed by atoms with Gasteiger partial charge in [-0.3, -0.25) is 0 Å². The normalized spacial score (nSPS) is 10.7. The fourth-order valence-electron chi connectivity index (χ4n) is 4.02. The molecule has 1 nitrogen and oxygen atoms in total. The van der Waals surface area contributed by atoms with Crippen LogP contribution in [-0.2, 0) is 0 Å². The van der Waals surface area contributed by atoms with Gasteiger partial charge in [0, 0.05) is 17.1 Å². The van der Waals surface area contributed by atoms with E-state index in [0.29, 0.717) is 0 Å². The quantitative estimate of drug-likeness (QED) is 0.269. The highest BCUT2D eigenvalue weighted by Gasteiger charge is 2.13. The van der Waals surface area contributed by atoms with Crippen molar-refractivity contribution >= 4 is 17.1 Å². The van der Waals surface area contributed by atoms with Crippen molar-refractivity contribution in [1.29, 1.82) is 0 Å². The fourth-order valence-corrected chi connectivity index (χ4v) is 4.02. The van der Waals surface area contributed by atoms with E-state index in [1.54, 1.807) is 0 Å². The van der Waals surface area contributed by atoms with Gasteiger partial charge in [0.2, 0.25) is 0 Å². The van der Waals surface area contributed by atoms with E-state index in [1.807, 2.05) is 18.2 Å². The van der Waals surface area contributed by atoms with Gasteiger partial charge < -0.3 is 4.90 Å². The van der Waals surface area contributed by atoms with Crippen molar-refractivity contribution in [3.05, 3.63) is 139 Å². The number of para-hydroxylation sites is 1. The van der Waals surface area contributed by atoms with Crippen molar-refractivity contribution in [2.75, 3.05) is 4.90 Å². The van der Waals surface area contributed by atoms with Crippen molar-refractivity contribution in [3.8, 4) is 22.3 Å². The van der Waals surface area contributed by atoms with E-state index in [9.17, 15) is 4.39 Å². The number of hydrogen-bond donors (Lipinski definition) is 0. The summed E-state index contributed by atoms with van der Waals surface area (Å²) in [5, 5.41) is 0. The molecule has 0 atom stereocenters. The summed E-state index contributed by atoms with van der Waals surface area (Å²) >= 11 is 0. The molecule has 0 saturated carbocycles. The molecule has 0 unspecified atom stereocenters. The summed E-state index contributed by atoms with van der Waals surface area (Å²) in [5.74, 6) is -0.222. The number of rotatable bonds is 5. The zero-order valence-electron chi connectivity index (χ0n) is 18.4. The average molecular weight is 430 g/mol. The predicted molar refractivity (Wildman–Crippen MR) is 137 cm³/mol. The molecule has 0 aliphatic rings. The van der Waals surface area contributed by atoms with Gasteiger partial charge in [0.05, 0.1) is 0 Å². The van der Waals surface area contributed by atoms with E-state index in [4.69, 9.17) is 0 Å². The van der Waals surface area contributed by atoms with Crippen molar-refractivity contribution in [2.24, 2.45) is 0 Å². The molecule has 0 aromatic heterocycles. The monoisotopic (exact) mass is 429 g/mol. The molecule has 5 rings (SSSR count). The van der Waals surface area contributed by atoms with Gasteiger partial charge in [0.1, 0.15) is 5.82 Å². The first-order valence-electron chi connectivity index (χ1n) is 11.1. The topological polar surface area (TPSA) is 3.24 Å². The van der Waals surface area contributed by atoms with Gasteiger partial charge >= 0.3 is 0 Å². The Balaban J connectivity index is 1.50. The van der Waals surface area contributed by atoms with E-state index in [0.717, 1.165) is 28.2 Å². The van der Waals surface area contributed by atoms with Crippen LogP contribution in [0.3, 0.4) is 0 Å². The van der Waals surface area contributed by atoms with E-state index in [1.165, 1.54) is 28.8 Å². The van der Waals surface area contributed by atoms with Crippen LogP contribution < -0.4 is 4.90 Å². The highest BCUT2D eigenvalue weighted by Crippen LogP contribution is 2.36. The number of aryl methyl sites for hydroxylation is 1. The Morgan fingerprint density at radius 1 is 0.424 bits per heavy atom. The Morgan fingerprint density at radius 2 is 0.788 bits per heavy atom. The van der Waals surface area contributed by atoms with Crippen molar-refractivity contribution in [2.45, 2.75) is 6.92 Å². The van der Waals surface area contributed by atoms with Crippen LogP contribution in [0, 0.1) is 12.7 Å². The Hall–Kier alpha value is -4.17. The van der Waals surface area contributed by atoms with Gasteiger partial charge in [-0.1, -0.05) is 84.4 Å². The average Bonchev–Trinajstić information content (AvgIpc) is 2.87. The lowest BCUT2D eigenvalue weighted by molar-refractivity contribution is 0.628. The maximum Gasteiger partial charge on any atom is 0.123 e. The maximum atomic E-state index is 13.3. The number of nitrogens with zero attached hydrogens (tertiary/aromatic N) is 1. The molecule has 2 heteroatoms. The van der Waals surface area contributed by atoms with E-state index >= 15 is 0 Å². The van der Waals surface area contributed by atoms with Gasteiger partial charge in [-0.2, -0.15) is 0 Å². The van der Waals surface area contributed by atoms with Crippen LogP contribution in [-0.4, -0.2) is 0 Å². The van der Waals surface area contributed by atoms with Gasteiger partial charge in [-0.25, -0.2) is 4.39 Å². The lowest BCUT2D eigenvalue weighted by Gasteiger charge is -2.26. The molecule has 5 aromatic rings. The lowest BCUT2D eigenvalue weighted by Crippen LogP contribution is -2.09. The zero-order valence-corrected chi connectivity index (χ0v) is 18.4. The summed E-state index contributed by atoms with van der Waals surface area (Å²) in [5.41, 5.74) is 8.96. The summed E-state index contributed by atoms with van der Waals surface area (Å²) in [6.07, 6.45) is 0. The SMILES string of the molecule is Cc1ccc(-c2ccc(N(c3ccccc3)c3ccc(-c4ccc(F)cc4)cc3)cc2)cc1. The first-order valence-corrected chi connectivity index (χ1v) is 11.1. The molecule has 0 saturated heterocycles. The number of halogens is 1. The molecule has 33 heavy (non-hydrogen) atoms. The van der Waals surface area contributed by atoms with E-state index in [2.05, 4.69) is 109 Å².